The summed E-state index contributed by atoms with van der Waals surface area (Å²) in [4.78, 5) is 7.24. The van der Waals surface area contributed by atoms with Crippen molar-refractivity contribution in [3.05, 3.63) is 21.9 Å². The summed E-state index contributed by atoms with van der Waals surface area (Å²) >= 11 is 1.80. The lowest BCUT2D eigenvalue weighted by molar-refractivity contribution is 0.129. The van der Waals surface area contributed by atoms with E-state index >= 15 is 0 Å². The third-order valence-corrected chi connectivity index (χ3v) is 3.92. The van der Waals surface area contributed by atoms with E-state index in [1.54, 1.807) is 11.3 Å². The summed E-state index contributed by atoms with van der Waals surface area (Å²) in [6, 6.07) is 4.29. The van der Waals surface area contributed by atoms with Crippen molar-refractivity contribution >= 4 is 41.3 Å². The molecule has 0 unspecified atom stereocenters. The van der Waals surface area contributed by atoms with E-state index in [1.807, 2.05) is 0 Å². The molecule has 0 radical (unpaired) electrons. The van der Waals surface area contributed by atoms with Gasteiger partial charge in [-0.25, -0.2) is 4.99 Å². The molecule has 0 aliphatic heterocycles. The SMILES string of the molecule is CCCCOCCCNC(=NCc1ccc(C)s1)NCC.I. The van der Waals surface area contributed by atoms with Gasteiger partial charge >= 0.3 is 0 Å². The number of ether oxygens (including phenoxy) is 1. The number of guanidine groups is 1. The van der Waals surface area contributed by atoms with Gasteiger partial charge < -0.3 is 15.4 Å². The molecule has 0 saturated heterocycles. The standard InChI is InChI=1S/C16H29N3OS.HI/c1-4-6-11-20-12-7-10-18-16(17-5-2)19-13-15-9-8-14(3)21-15;/h8-9H,4-7,10-13H2,1-3H3,(H2,17,18,19);1H. The number of aryl methyl sites for hydroxylation is 1. The van der Waals surface area contributed by atoms with Gasteiger partial charge in [-0.1, -0.05) is 13.3 Å². The minimum atomic E-state index is 0. The molecule has 0 aromatic carbocycles. The van der Waals surface area contributed by atoms with Gasteiger partial charge in [0.05, 0.1) is 6.54 Å². The lowest BCUT2D eigenvalue weighted by Gasteiger charge is -2.11. The van der Waals surface area contributed by atoms with Crippen LogP contribution in [0.5, 0.6) is 0 Å². The third kappa shape index (κ3) is 10.4. The van der Waals surface area contributed by atoms with Gasteiger partial charge in [-0.05, 0) is 38.8 Å². The summed E-state index contributed by atoms with van der Waals surface area (Å²) < 4.78 is 5.55. The maximum Gasteiger partial charge on any atom is 0.191 e. The van der Waals surface area contributed by atoms with Gasteiger partial charge in [0.15, 0.2) is 5.96 Å². The Balaban J connectivity index is 0.00000441. The Bertz CT molecular complexity index is 410. The monoisotopic (exact) mass is 439 g/mol. The second kappa shape index (κ2) is 14.3. The molecule has 0 saturated carbocycles. The Labute approximate surface area is 156 Å². The highest BCUT2D eigenvalue weighted by atomic mass is 127. The molecule has 4 nitrogen and oxygen atoms in total. The van der Waals surface area contributed by atoms with E-state index in [4.69, 9.17) is 4.74 Å². The summed E-state index contributed by atoms with van der Waals surface area (Å²) in [5, 5.41) is 6.63. The lowest BCUT2D eigenvalue weighted by Crippen LogP contribution is -2.38. The van der Waals surface area contributed by atoms with E-state index < -0.39 is 0 Å². The quantitative estimate of drug-likeness (QED) is 0.251. The van der Waals surface area contributed by atoms with Gasteiger partial charge in [-0.15, -0.1) is 35.3 Å². The van der Waals surface area contributed by atoms with Crippen molar-refractivity contribution in [2.24, 2.45) is 4.99 Å². The molecule has 0 aliphatic rings. The van der Waals surface area contributed by atoms with Crippen LogP contribution in [0.25, 0.3) is 0 Å². The highest BCUT2D eigenvalue weighted by Gasteiger charge is 1.99. The van der Waals surface area contributed by atoms with Gasteiger partial charge in [0.25, 0.3) is 0 Å². The number of halogens is 1. The Kier molecular flexibility index (Phi) is 14.0. The van der Waals surface area contributed by atoms with Crippen LogP contribution >= 0.6 is 35.3 Å². The van der Waals surface area contributed by atoms with Crippen molar-refractivity contribution in [1.82, 2.24) is 10.6 Å². The second-order valence-electron chi connectivity index (χ2n) is 4.95. The molecule has 0 atom stereocenters. The molecule has 0 bridgehead atoms. The molecule has 0 fully saturated rings. The van der Waals surface area contributed by atoms with Crippen molar-refractivity contribution in [1.29, 1.82) is 0 Å². The first-order valence-corrected chi connectivity index (χ1v) is 8.73. The summed E-state index contributed by atoms with van der Waals surface area (Å²) in [7, 11) is 0. The largest absolute Gasteiger partial charge is 0.381 e. The van der Waals surface area contributed by atoms with Crippen LogP contribution in [-0.4, -0.2) is 32.3 Å². The average Bonchev–Trinajstić information content (AvgIpc) is 2.89. The average molecular weight is 439 g/mol. The fraction of sp³-hybridized carbons (Fsp3) is 0.688. The molecule has 1 aromatic heterocycles. The van der Waals surface area contributed by atoms with Crippen LogP contribution in [0, 0.1) is 6.92 Å². The molecule has 128 valence electrons. The highest BCUT2D eigenvalue weighted by molar-refractivity contribution is 14.0. The van der Waals surface area contributed by atoms with Crippen molar-refractivity contribution in [2.45, 2.75) is 46.6 Å². The Morgan fingerprint density at radius 1 is 1.18 bits per heavy atom. The van der Waals surface area contributed by atoms with Gasteiger partial charge in [-0.3, -0.25) is 0 Å². The van der Waals surface area contributed by atoms with Gasteiger partial charge in [-0.2, -0.15) is 0 Å². The zero-order chi connectivity index (χ0) is 15.3. The number of hydrogen-bond acceptors (Lipinski definition) is 3. The Morgan fingerprint density at radius 2 is 1.95 bits per heavy atom. The second-order valence-corrected chi connectivity index (χ2v) is 6.33. The summed E-state index contributed by atoms with van der Waals surface area (Å²) in [5.74, 6) is 0.886. The molecule has 22 heavy (non-hydrogen) atoms. The zero-order valence-electron chi connectivity index (χ0n) is 14.0. The molecule has 2 N–H and O–H groups in total. The minimum absolute atomic E-state index is 0. The van der Waals surface area contributed by atoms with Crippen LogP contribution in [0.15, 0.2) is 17.1 Å². The van der Waals surface area contributed by atoms with Crippen LogP contribution in [0.3, 0.4) is 0 Å². The van der Waals surface area contributed by atoms with Crippen LogP contribution in [0.2, 0.25) is 0 Å². The van der Waals surface area contributed by atoms with Crippen LogP contribution in [-0.2, 0) is 11.3 Å². The predicted molar refractivity (Wildman–Crippen MR) is 108 cm³/mol. The van der Waals surface area contributed by atoms with E-state index in [1.165, 1.54) is 16.2 Å². The van der Waals surface area contributed by atoms with E-state index in [0.29, 0.717) is 0 Å². The van der Waals surface area contributed by atoms with Crippen LogP contribution < -0.4 is 10.6 Å². The number of hydrogen-bond donors (Lipinski definition) is 2. The normalized spacial score (nSPS) is 11.1. The van der Waals surface area contributed by atoms with E-state index in [-0.39, 0.29) is 24.0 Å². The van der Waals surface area contributed by atoms with E-state index in [0.717, 1.165) is 51.6 Å². The molecular weight excluding hydrogens is 409 g/mol. The van der Waals surface area contributed by atoms with Gasteiger partial charge in [0, 0.05) is 36.1 Å². The van der Waals surface area contributed by atoms with Crippen molar-refractivity contribution in [2.75, 3.05) is 26.3 Å². The topological polar surface area (TPSA) is 45.6 Å². The molecule has 0 aliphatic carbocycles. The third-order valence-electron chi connectivity index (χ3n) is 2.93. The fourth-order valence-corrected chi connectivity index (χ4v) is 2.61. The van der Waals surface area contributed by atoms with Crippen molar-refractivity contribution in [3.8, 4) is 0 Å². The molecule has 1 rings (SSSR count). The predicted octanol–water partition coefficient (Wildman–Crippen LogP) is 3.94. The molecule has 0 amide bonds. The lowest BCUT2D eigenvalue weighted by atomic mass is 10.4. The van der Waals surface area contributed by atoms with Crippen molar-refractivity contribution < 1.29 is 4.74 Å². The Hall–Kier alpha value is -0.340. The van der Waals surface area contributed by atoms with Gasteiger partial charge in [0.1, 0.15) is 0 Å². The molecule has 1 aromatic rings. The smallest absolute Gasteiger partial charge is 0.191 e. The molecular formula is C16H30IN3OS. The summed E-state index contributed by atoms with van der Waals surface area (Å²) in [5.41, 5.74) is 0. The molecule has 0 spiro atoms. The van der Waals surface area contributed by atoms with Crippen LogP contribution in [0.4, 0.5) is 0 Å². The van der Waals surface area contributed by atoms with E-state index in [2.05, 4.69) is 48.5 Å². The first-order chi connectivity index (χ1) is 10.3. The number of nitrogens with zero attached hydrogens (tertiary/aromatic N) is 1. The number of unbranched alkanes of at least 4 members (excludes halogenated alkanes) is 1. The Morgan fingerprint density at radius 3 is 2.59 bits per heavy atom. The first-order valence-electron chi connectivity index (χ1n) is 7.91. The summed E-state index contributed by atoms with van der Waals surface area (Å²) in [6.45, 7) is 10.6. The molecule has 1 heterocycles. The zero-order valence-corrected chi connectivity index (χ0v) is 17.1. The highest BCUT2D eigenvalue weighted by Crippen LogP contribution is 2.15. The maximum absolute atomic E-state index is 5.55. The minimum Gasteiger partial charge on any atom is -0.381 e. The summed E-state index contributed by atoms with van der Waals surface area (Å²) in [6.07, 6.45) is 3.35. The van der Waals surface area contributed by atoms with E-state index in [9.17, 15) is 0 Å². The first kappa shape index (κ1) is 21.7. The molecule has 6 heteroatoms. The number of nitrogens with one attached hydrogen (secondary N) is 2. The maximum atomic E-state index is 5.55. The fourth-order valence-electron chi connectivity index (χ4n) is 1.80. The number of rotatable bonds is 10. The van der Waals surface area contributed by atoms with Gasteiger partial charge in [0.2, 0.25) is 0 Å². The van der Waals surface area contributed by atoms with Crippen molar-refractivity contribution in [3.63, 3.8) is 0 Å². The number of thiophene rings is 1. The number of aliphatic imine (C=N–C) groups is 1. The van der Waals surface area contributed by atoms with Crippen LogP contribution in [0.1, 0.15) is 42.9 Å².